The Balaban J connectivity index is 0.000000500. The Morgan fingerprint density at radius 3 is 2.30 bits per heavy atom. The molecule has 1 aliphatic carbocycles. The van der Waals surface area contributed by atoms with Gasteiger partial charge >= 0.3 is 0 Å². The minimum Gasteiger partial charge on any atom is -0.393 e. The Morgan fingerprint density at radius 1 is 1.30 bits per heavy atom. The highest BCUT2D eigenvalue weighted by molar-refractivity contribution is 5.85. The molecule has 3 aliphatic rings. The van der Waals surface area contributed by atoms with Gasteiger partial charge in [-0.3, -0.25) is 0 Å². The molecule has 2 aliphatic heterocycles. The molecule has 2 heterocycles. The van der Waals surface area contributed by atoms with Crippen LogP contribution in [-0.4, -0.2) is 23.8 Å². The van der Waals surface area contributed by atoms with E-state index in [0.29, 0.717) is 12.0 Å². The summed E-state index contributed by atoms with van der Waals surface area (Å²) in [5.41, 5.74) is 0. The van der Waals surface area contributed by atoms with Gasteiger partial charge in [0.15, 0.2) is 0 Å². The van der Waals surface area contributed by atoms with Gasteiger partial charge in [0, 0.05) is 12.6 Å². The fraction of sp³-hybridized carbons (Fsp3) is 1.00. The molecule has 1 saturated carbocycles. The summed E-state index contributed by atoms with van der Waals surface area (Å²) in [7, 11) is 0. The third-order valence-electron chi connectivity index (χ3n) is 2.62. The summed E-state index contributed by atoms with van der Waals surface area (Å²) in [5.74, 6) is 0.565. The Kier molecular flexibility index (Phi) is 2.55. The van der Waals surface area contributed by atoms with Crippen molar-refractivity contribution in [3.8, 4) is 0 Å². The number of piperidine rings is 2. The van der Waals surface area contributed by atoms with E-state index in [0.717, 1.165) is 13.0 Å². The highest BCUT2D eigenvalue weighted by Gasteiger charge is 2.33. The zero-order valence-corrected chi connectivity index (χ0v) is 6.73. The summed E-state index contributed by atoms with van der Waals surface area (Å²) in [6.07, 6.45) is 3.51. The van der Waals surface area contributed by atoms with E-state index in [4.69, 9.17) is 0 Å². The SMILES string of the molecule is Cl.OC1CC2CCC1CN2. The number of nitrogens with one attached hydrogen (secondary N) is 1. The molecule has 3 rings (SSSR count). The third kappa shape index (κ3) is 1.29. The fourth-order valence-corrected chi connectivity index (χ4v) is 1.95. The van der Waals surface area contributed by atoms with Crippen molar-refractivity contribution < 1.29 is 5.11 Å². The Hall–Kier alpha value is 0.210. The van der Waals surface area contributed by atoms with Crippen LogP contribution in [-0.2, 0) is 0 Å². The van der Waals surface area contributed by atoms with Crippen LogP contribution in [0.5, 0.6) is 0 Å². The molecule has 0 aromatic rings. The largest absolute Gasteiger partial charge is 0.393 e. The predicted octanol–water partition coefficient (Wildman–Crippen LogP) is 0.541. The normalized spacial score (nSPS) is 44.7. The minimum atomic E-state index is 0. The third-order valence-corrected chi connectivity index (χ3v) is 2.62. The van der Waals surface area contributed by atoms with Gasteiger partial charge < -0.3 is 10.4 Å². The van der Waals surface area contributed by atoms with Crippen molar-refractivity contribution in [2.45, 2.75) is 31.4 Å². The molecule has 0 aromatic carbocycles. The number of hydrogen-bond acceptors (Lipinski definition) is 2. The van der Waals surface area contributed by atoms with E-state index >= 15 is 0 Å². The number of rotatable bonds is 0. The summed E-state index contributed by atoms with van der Waals surface area (Å²) >= 11 is 0. The summed E-state index contributed by atoms with van der Waals surface area (Å²) in [4.78, 5) is 0. The van der Waals surface area contributed by atoms with Crippen molar-refractivity contribution in [1.82, 2.24) is 5.32 Å². The molecule has 0 spiro atoms. The average Bonchev–Trinajstić information content (AvgIpc) is 1.90. The molecule has 2 N–H and O–H groups in total. The Labute approximate surface area is 67.4 Å². The fourth-order valence-electron chi connectivity index (χ4n) is 1.95. The van der Waals surface area contributed by atoms with E-state index in [9.17, 15) is 5.11 Å². The van der Waals surface area contributed by atoms with Crippen LogP contribution in [0, 0.1) is 5.92 Å². The number of fused-ring (bicyclic) bond motifs is 3. The number of hydrogen-bond donors (Lipinski definition) is 2. The Morgan fingerprint density at radius 2 is 2.10 bits per heavy atom. The quantitative estimate of drug-likeness (QED) is 0.547. The van der Waals surface area contributed by atoms with Crippen molar-refractivity contribution in [3.05, 3.63) is 0 Å². The highest BCUT2D eigenvalue weighted by atomic mass is 35.5. The summed E-state index contributed by atoms with van der Waals surface area (Å²) in [6, 6.07) is 0.630. The van der Waals surface area contributed by atoms with Crippen LogP contribution in [0.3, 0.4) is 0 Å². The monoisotopic (exact) mass is 163 g/mol. The Bertz CT molecular complexity index is 112. The summed E-state index contributed by atoms with van der Waals surface area (Å²) in [5, 5.41) is 12.7. The van der Waals surface area contributed by atoms with Crippen LogP contribution >= 0.6 is 12.4 Å². The molecular weight excluding hydrogens is 150 g/mol. The van der Waals surface area contributed by atoms with E-state index in [2.05, 4.69) is 5.32 Å². The minimum absolute atomic E-state index is 0. The molecule has 0 radical (unpaired) electrons. The van der Waals surface area contributed by atoms with Crippen molar-refractivity contribution >= 4 is 12.4 Å². The molecule has 3 unspecified atom stereocenters. The molecule has 2 nitrogen and oxygen atoms in total. The lowest BCUT2D eigenvalue weighted by Gasteiger charge is -2.40. The number of aliphatic hydroxyl groups is 1. The van der Waals surface area contributed by atoms with Gasteiger partial charge in [-0.1, -0.05) is 0 Å². The molecule has 3 atom stereocenters. The summed E-state index contributed by atoms with van der Waals surface area (Å²) < 4.78 is 0. The molecule has 3 heteroatoms. The van der Waals surface area contributed by atoms with Gasteiger partial charge in [-0.05, 0) is 25.2 Å². The summed E-state index contributed by atoms with van der Waals surface area (Å²) in [6.45, 7) is 1.05. The molecule has 60 valence electrons. The maximum atomic E-state index is 9.36. The van der Waals surface area contributed by atoms with Gasteiger partial charge in [-0.25, -0.2) is 0 Å². The van der Waals surface area contributed by atoms with E-state index in [1.54, 1.807) is 0 Å². The van der Waals surface area contributed by atoms with Crippen LogP contribution in [0.2, 0.25) is 0 Å². The van der Waals surface area contributed by atoms with E-state index < -0.39 is 0 Å². The van der Waals surface area contributed by atoms with Crippen molar-refractivity contribution in [2.24, 2.45) is 5.92 Å². The first-order valence-corrected chi connectivity index (χ1v) is 3.78. The number of halogens is 1. The van der Waals surface area contributed by atoms with Gasteiger partial charge in [0.2, 0.25) is 0 Å². The second-order valence-electron chi connectivity index (χ2n) is 3.25. The molecule has 0 aromatic heterocycles. The van der Waals surface area contributed by atoms with Crippen molar-refractivity contribution in [1.29, 1.82) is 0 Å². The first-order valence-electron chi connectivity index (χ1n) is 3.78. The standard InChI is InChI=1S/C7H13NO.ClH/c9-7-3-6-2-1-5(7)4-8-6;/h5-9H,1-4H2;1H. The van der Waals surface area contributed by atoms with Crippen LogP contribution in [0.4, 0.5) is 0 Å². The molecular formula is C7H14ClNO. The maximum absolute atomic E-state index is 9.36. The smallest absolute Gasteiger partial charge is 0.0595 e. The van der Waals surface area contributed by atoms with Gasteiger partial charge in [-0.2, -0.15) is 0 Å². The zero-order chi connectivity index (χ0) is 6.27. The maximum Gasteiger partial charge on any atom is 0.0595 e. The lowest BCUT2D eigenvalue weighted by molar-refractivity contribution is 0.0228. The molecule has 2 bridgehead atoms. The van der Waals surface area contributed by atoms with E-state index in [1.165, 1.54) is 12.8 Å². The van der Waals surface area contributed by atoms with Gasteiger partial charge in [-0.15, -0.1) is 12.4 Å². The average molecular weight is 164 g/mol. The number of aliphatic hydroxyl groups excluding tert-OH is 1. The van der Waals surface area contributed by atoms with Gasteiger partial charge in [0.25, 0.3) is 0 Å². The van der Waals surface area contributed by atoms with Crippen molar-refractivity contribution in [2.75, 3.05) is 6.54 Å². The lowest BCUT2D eigenvalue weighted by atomic mass is 9.79. The van der Waals surface area contributed by atoms with E-state index in [-0.39, 0.29) is 18.5 Å². The predicted molar refractivity (Wildman–Crippen MR) is 42.4 cm³/mol. The van der Waals surface area contributed by atoms with Crippen molar-refractivity contribution in [3.63, 3.8) is 0 Å². The van der Waals surface area contributed by atoms with Crippen LogP contribution < -0.4 is 5.32 Å². The highest BCUT2D eigenvalue weighted by Crippen LogP contribution is 2.28. The van der Waals surface area contributed by atoms with E-state index in [1.807, 2.05) is 0 Å². The van der Waals surface area contributed by atoms with Gasteiger partial charge in [0.05, 0.1) is 6.10 Å². The van der Waals surface area contributed by atoms with Gasteiger partial charge in [0.1, 0.15) is 0 Å². The molecule has 2 saturated heterocycles. The second-order valence-corrected chi connectivity index (χ2v) is 3.25. The topological polar surface area (TPSA) is 32.3 Å². The molecule has 10 heavy (non-hydrogen) atoms. The first kappa shape index (κ1) is 8.31. The molecule has 0 amide bonds. The van der Waals surface area contributed by atoms with Crippen LogP contribution in [0.25, 0.3) is 0 Å². The first-order chi connectivity index (χ1) is 4.36. The zero-order valence-electron chi connectivity index (χ0n) is 5.92. The lowest BCUT2D eigenvalue weighted by Crippen LogP contribution is -2.51. The molecule has 3 fully saturated rings. The van der Waals surface area contributed by atoms with Crippen LogP contribution in [0.15, 0.2) is 0 Å². The second kappa shape index (κ2) is 3.07. The van der Waals surface area contributed by atoms with Crippen LogP contribution in [0.1, 0.15) is 19.3 Å².